The van der Waals surface area contributed by atoms with Crippen LogP contribution in [-0.2, 0) is 11.3 Å². The van der Waals surface area contributed by atoms with Crippen molar-refractivity contribution in [1.29, 1.82) is 0 Å². The maximum Gasteiger partial charge on any atom is 0.410 e. The number of rotatable bonds is 4. The summed E-state index contributed by atoms with van der Waals surface area (Å²) < 4.78 is 19.3. The Morgan fingerprint density at radius 2 is 2.22 bits per heavy atom. The van der Waals surface area contributed by atoms with Crippen LogP contribution in [0.1, 0.15) is 39.2 Å². The van der Waals surface area contributed by atoms with Gasteiger partial charge in [0.05, 0.1) is 5.02 Å². The lowest BCUT2D eigenvalue weighted by molar-refractivity contribution is 0.0226. The quantitative estimate of drug-likeness (QED) is 0.900. The van der Waals surface area contributed by atoms with E-state index in [1.54, 1.807) is 17.0 Å². The minimum absolute atomic E-state index is 0.0760. The molecule has 0 aliphatic carbocycles. The van der Waals surface area contributed by atoms with E-state index in [9.17, 15) is 9.18 Å². The van der Waals surface area contributed by atoms with Crippen LogP contribution in [0, 0.1) is 5.82 Å². The summed E-state index contributed by atoms with van der Waals surface area (Å²) in [5.74, 6) is -0.392. The van der Waals surface area contributed by atoms with Gasteiger partial charge in [-0.05, 0) is 39.7 Å². The fourth-order valence-electron chi connectivity index (χ4n) is 2.67. The molecule has 1 N–H and O–H groups in total. The molecule has 1 fully saturated rings. The fraction of sp³-hybridized carbons (Fsp3) is 0.588. The Morgan fingerprint density at radius 3 is 2.91 bits per heavy atom. The first kappa shape index (κ1) is 18.0. The molecule has 1 heterocycles. The lowest BCUT2D eigenvalue weighted by Gasteiger charge is -2.28. The Labute approximate surface area is 141 Å². The molecule has 0 spiro atoms. The molecule has 0 bridgehead atoms. The van der Waals surface area contributed by atoms with Crippen molar-refractivity contribution in [3.05, 3.63) is 34.6 Å². The zero-order valence-corrected chi connectivity index (χ0v) is 14.6. The lowest BCUT2D eigenvalue weighted by atomic mass is 10.2. The fourth-order valence-corrected chi connectivity index (χ4v) is 2.86. The zero-order chi connectivity index (χ0) is 17.0. The van der Waals surface area contributed by atoms with E-state index in [0.29, 0.717) is 25.2 Å². The summed E-state index contributed by atoms with van der Waals surface area (Å²) in [7, 11) is 0. The van der Waals surface area contributed by atoms with Gasteiger partial charge in [0.15, 0.2) is 0 Å². The van der Waals surface area contributed by atoms with Crippen molar-refractivity contribution in [3.8, 4) is 0 Å². The van der Waals surface area contributed by atoms with E-state index in [1.165, 1.54) is 6.07 Å². The van der Waals surface area contributed by atoms with E-state index in [-0.39, 0.29) is 17.2 Å². The number of hydrogen-bond donors (Lipinski definition) is 1. The minimum atomic E-state index is -0.498. The first-order valence-electron chi connectivity index (χ1n) is 7.91. The summed E-state index contributed by atoms with van der Waals surface area (Å²) in [5.41, 5.74) is 0.0287. The van der Waals surface area contributed by atoms with Crippen LogP contribution in [0.5, 0.6) is 0 Å². The molecule has 0 aromatic heterocycles. The molecule has 1 saturated heterocycles. The van der Waals surface area contributed by atoms with Crippen LogP contribution in [0.25, 0.3) is 0 Å². The van der Waals surface area contributed by atoms with E-state index >= 15 is 0 Å². The van der Waals surface area contributed by atoms with E-state index in [2.05, 4.69) is 5.32 Å². The number of nitrogens with one attached hydrogen (secondary N) is 1. The third-order valence-electron chi connectivity index (χ3n) is 3.73. The van der Waals surface area contributed by atoms with Gasteiger partial charge in [-0.3, -0.25) is 0 Å². The van der Waals surface area contributed by atoms with Gasteiger partial charge in [0.2, 0.25) is 0 Å². The topological polar surface area (TPSA) is 41.6 Å². The third kappa shape index (κ3) is 5.08. The van der Waals surface area contributed by atoms with Crippen molar-refractivity contribution in [1.82, 2.24) is 10.2 Å². The summed E-state index contributed by atoms with van der Waals surface area (Å²) in [4.78, 5) is 14.0. The molecule has 1 aliphatic rings. The summed E-state index contributed by atoms with van der Waals surface area (Å²) >= 11 is 5.77. The zero-order valence-electron chi connectivity index (χ0n) is 13.9. The van der Waals surface area contributed by atoms with Gasteiger partial charge < -0.3 is 15.0 Å². The van der Waals surface area contributed by atoms with Gasteiger partial charge in [-0.25, -0.2) is 9.18 Å². The second kappa shape index (κ2) is 7.49. The van der Waals surface area contributed by atoms with Crippen molar-refractivity contribution in [2.75, 3.05) is 13.1 Å². The molecule has 6 heteroatoms. The molecule has 0 saturated carbocycles. The van der Waals surface area contributed by atoms with E-state index < -0.39 is 11.4 Å². The van der Waals surface area contributed by atoms with Crippen LogP contribution >= 0.6 is 11.6 Å². The number of likely N-dealkylation sites (tertiary alicyclic amines) is 1. The SMILES string of the molecule is CC(C)(C)OC(=O)N1CCCC1CNCc1cccc(Cl)c1F. The average Bonchev–Trinajstić information content (AvgIpc) is 2.90. The highest BCUT2D eigenvalue weighted by Gasteiger charge is 2.31. The third-order valence-corrected chi connectivity index (χ3v) is 4.02. The number of hydrogen-bond acceptors (Lipinski definition) is 3. The van der Waals surface area contributed by atoms with Gasteiger partial charge in [0.25, 0.3) is 0 Å². The molecule has 1 aromatic rings. The normalized spacial score (nSPS) is 18.3. The number of halogens is 2. The minimum Gasteiger partial charge on any atom is -0.444 e. The van der Waals surface area contributed by atoms with Crippen LogP contribution in [-0.4, -0.2) is 35.7 Å². The number of ether oxygens (including phenoxy) is 1. The van der Waals surface area contributed by atoms with Gasteiger partial charge >= 0.3 is 6.09 Å². The van der Waals surface area contributed by atoms with Crippen molar-refractivity contribution in [2.24, 2.45) is 0 Å². The van der Waals surface area contributed by atoms with Gasteiger partial charge in [-0.15, -0.1) is 0 Å². The summed E-state index contributed by atoms with van der Waals surface area (Å²) in [5, 5.41) is 3.34. The average molecular weight is 343 g/mol. The molecule has 2 rings (SSSR count). The Balaban J connectivity index is 1.87. The van der Waals surface area contributed by atoms with Crippen LogP contribution in [0.4, 0.5) is 9.18 Å². The van der Waals surface area contributed by atoms with Crippen LogP contribution < -0.4 is 5.32 Å². The molecule has 0 radical (unpaired) electrons. The Bertz CT molecular complexity index is 560. The molecule has 4 nitrogen and oxygen atoms in total. The highest BCUT2D eigenvalue weighted by Crippen LogP contribution is 2.21. The Morgan fingerprint density at radius 1 is 1.48 bits per heavy atom. The molecule has 128 valence electrons. The summed E-state index contributed by atoms with van der Waals surface area (Å²) in [6.45, 7) is 7.26. The Kier molecular flexibility index (Phi) is 5.87. The standard InChI is InChI=1S/C17H24ClFN2O2/c1-17(2,3)23-16(22)21-9-5-7-13(21)11-20-10-12-6-4-8-14(18)15(12)19/h4,6,8,13,20H,5,7,9-11H2,1-3H3. The van der Waals surface area contributed by atoms with Gasteiger partial charge in [0, 0.05) is 31.2 Å². The van der Waals surface area contributed by atoms with Crippen molar-refractivity contribution >= 4 is 17.7 Å². The molecular weight excluding hydrogens is 319 g/mol. The van der Waals surface area contributed by atoms with Crippen molar-refractivity contribution in [3.63, 3.8) is 0 Å². The first-order valence-corrected chi connectivity index (χ1v) is 8.29. The number of benzene rings is 1. The van der Waals surface area contributed by atoms with Crippen LogP contribution in [0.2, 0.25) is 5.02 Å². The lowest BCUT2D eigenvalue weighted by Crippen LogP contribution is -2.44. The predicted molar refractivity (Wildman–Crippen MR) is 89.1 cm³/mol. The summed E-state index contributed by atoms with van der Waals surface area (Å²) in [6, 6.07) is 5.04. The predicted octanol–water partition coefficient (Wildman–Crippen LogP) is 3.97. The molecule has 1 amide bonds. The van der Waals surface area contributed by atoms with Gasteiger partial charge in [0.1, 0.15) is 11.4 Å². The van der Waals surface area contributed by atoms with Crippen molar-refractivity contribution < 1.29 is 13.9 Å². The van der Waals surface area contributed by atoms with E-state index in [4.69, 9.17) is 16.3 Å². The van der Waals surface area contributed by atoms with Gasteiger partial charge in [-0.1, -0.05) is 23.7 Å². The van der Waals surface area contributed by atoms with Crippen LogP contribution in [0.3, 0.4) is 0 Å². The van der Waals surface area contributed by atoms with Gasteiger partial charge in [-0.2, -0.15) is 0 Å². The molecule has 1 aromatic carbocycles. The molecular formula is C17H24ClFN2O2. The van der Waals surface area contributed by atoms with E-state index in [0.717, 1.165) is 12.8 Å². The molecule has 1 unspecified atom stereocenters. The number of carbonyl (C=O) groups is 1. The molecule has 1 atom stereocenters. The Hall–Kier alpha value is -1.33. The second-order valence-corrected chi connectivity index (χ2v) is 7.22. The van der Waals surface area contributed by atoms with Crippen molar-refractivity contribution in [2.45, 2.75) is 51.8 Å². The monoisotopic (exact) mass is 342 g/mol. The number of amides is 1. The first-order chi connectivity index (χ1) is 10.8. The smallest absolute Gasteiger partial charge is 0.410 e. The highest BCUT2D eigenvalue weighted by atomic mass is 35.5. The molecule has 1 aliphatic heterocycles. The molecule has 23 heavy (non-hydrogen) atoms. The summed E-state index contributed by atoms with van der Waals surface area (Å²) in [6.07, 6.45) is 1.59. The highest BCUT2D eigenvalue weighted by molar-refractivity contribution is 6.30. The number of nitrogens with zero attached hydrogens (tertiary/aromatic N) is 1. The maximum atomic E-state index is 13.8. The van der Waals surface area contributed by atoms with Crippen LogP contribution in [0.15, 0.2) is 18.2 Å². The maximum absolute atomic E-state index is 13.8. The van der Waals surface area contributed by atoms with E-state index in [1.807, 2.05) is 20.8 Å². The second-order valence-electron chi connectivity index (χ2n) is 6.81. The number of carbonyl (C=O) groups excluding carboxylic acids is 1. The largest absolute Gasteiger partial charge is 0.444 e.